The van der Waals surface area contributed by atoms with Crippen LogP contribution in [0.15, 0.2) is 25.3 Å². The Morgan fingerprint density at radius 2 is 1.92 bits per heavy atom. The zero-order chi connectivity index (χ0) is 9.14. The average Bonchev–Trinajstić information content (AvgIpc) is 2.03. The fourth-order valence-corrected chi connectivity index (χ4v) is 1.16. The lowest BCUT2D eigenvalue weighted by Crippen LogP contribution is -1.88. The molecule has 1 aromatic rings. The third-order valence-electron chi connectivity index (χ3n) is 1.73. The molecule has 0 fully saturated rings. The minimum Gasteiger partial charge on any atom is -0.206 e. The maximum atomic E-state index is 13.2. The Kier molecular flexibility index (Phi) is 2.44. The predicted octanol–water partition coefficient (Wildman–Crippen LogP) is 3.42. The van der Waals surface area contributed by atoms with E-state index in [0.717, 1.165) is 11.1 Å². The second-order valence-electron chi connectivity index (χ2n) is 2.66. The Balaban J connectivity index is 3.43. The molecule has 0 spiro atoms. The van der Waals surface area contributed by atoms with Gasteiger partial charge < -0.3 is 0 Å². The highest BCUT2D eigenvalue weighted by Crippen LogP contribution is 2.18. The lowest BCUT2D eigenvalue weighted by Gasteiger charge is -2.03. The van der Waals surface area contributed by atoms with Crippen molar-refractivity contribution in [2.75, 3.05) is 0 Å². The fraction of sp³-hybridized carbons (Fsp3) is 0.0909. The Bertz CT molecular complexity index is 324. The number of halogens is 1. The van der Waals surface area contributed by atoms with Gasteiger partial charge in [0.1, 0.15) is 5.82 Å². The summed E-state index contributed by atoms with van der Waals surface area (Å²) in [7, 11) is 0. The first-order valence-electron chi connectivity index (χ1n) is 3.74. The van der Waals surface area contributed by atoms with E-state index in [9.17, 15) is 4.39 Å². The van der Waals surface area contributed by atoms with E-state index in [1.807, 2.05) is 13.0 Å². The van der Waals surface area contributed by atoms with E-state index < -0.39 is 0 Å². The molecule has 0 atom stereocenters. The minimum atomic E-state index is -0.236. The molecule has 0 aromatic heterocycles. The molecular weight excluding hydrogens is 151 g/mol. The van der Waals surface area contributed by atoms with Crippen molar-refractivity contribution in [2.24, 2.45) is 0 Å². The predicted molar refractivity (Wildman–Crippen MR) is 51.3 cm³/mol. The Labute approximate surface area is 72.0 Å². The van der Waals surface area contributed by atoms with Gasteiger partial charge in [0.05, 0.1) is 0 Å². The molecule has 0 aliphatic carbocycles. The standard InChI is InChI=1S/C11H11F/c1-4-9-6-8(3)7-11(12)10(9)5-2/h4-7H,1-2H2,3H3. The van der Waals surface area contributed by atoms with Crippen molar-refractivity contribution in [3.8, 4) is 0 Å². The van der Waals surface area contributed by atoms with Crippen LogP contribution in [-0.2, 0) is 0 Å². The summed E-state index contributed by atoms with van der Waals surface area (Å²) in [6.45, 7) is 9.00. The van der Waals surface area contributed by atoms with E-state index in [1.165, 1.54) is 12.1 Å². The molecule has 1 heteroatoms. The first-order chi connectivity index (χ1) is 5.69. The van der Waals surface area contributed by atoms with Crippen molar-refractivity contribution in [3.05, 3.63) is 47.8 Å². The number of rotatable bonds is 2. The number of benzene rings is 1. The van der Waals surface area contributed by atoms with Gasteiger partial charge in [0.2, 0.25) is 0 Å². The Hall–Kier alpha value is -1.37. The van der Waals surface area contributed by atoms with Crippen LogP contribution in [0.25, 0.3) is 12.2 Å². The van der Waals surface area contributed by atoms with Gasteiger partial charge in [-0.05, 0) is 24.1 Å². The summed E-state index contributed by atoms with van der Waals surface area (Å²) < 4.78 is 13.2. The average molecular weight is 162 g/mol. The van der Waals surface area contributed by atoms with Crippen LogP contribution in [-0.4, -0.2) is 0 Å². The van der Waals surface area contributed by atoms with Gasteiger partial charge in [-0.25, -0.2) is 4.39 Å². The van der Waals surface area contributed by atoms with E-state index in [2.05, 4.69) is 13.2 Å². The highest BCUT2D eigenvalue weighted by Gasteiger charge is 2.03. The van der Waals surface area contributed by atoms with Crippen LogP contribution in [0.2, 0.25) is 0 Å². The van der Waals surface area contributed by atoms with Gasteiger partial charge in [0.25, 0.3) is 0 Å². The van der Waals surface area contributed by atoms with Crippen LogP contribution in [0, 0.1) is 12.7 Å². The molecule has 1 aromatic carbocycles. The van der Waals surface area contributed by atoms with Crippen molar-refractivity contribution in [1.29, 1.82) is 0 Å². The molecule has 0 radical (unpaired) electrons. The highest BCUT2D eigenvalue weighted by molar-refractivity contribution is 5.64. The summed E-state index contributed by atoms with van der Waals surface area (Å²) in [5, 5.41) is 0. The second-order valence-corrected chi connectivity index (χ2v) is 2.66. The van der Waals surface area contributed by atoms with E-state index in [1.54, 1.807) is 6.08 Å². The molecule has 1 rings (SSSR count). The summed E-state index contributed by atoms with van der Waals surface area (Å²) in [6.07, 6.45) is 3.14. The summed E-state index contributed by atoms with van der Waals surface area (Å²) in [6, 6.07) is 3.37. The van der Waals surface area contributed by atoms with Crippen molar-refractivity contribution < 1.29 is 4.39 Å². The maximum absolute atomic E-state index is 13.2. The Morgan fingerprint density at radius 3 is 2.42 bits per heavy atom. The molecule has 0 nitrogen and oxygen atoms in total. The van der Waals surface area contributed by atoms with E-state index in [-0.39, 0.29) is 5.82 Å². The van der Waals surface area contributed by atoms with Crippen molar-refractivity contribution in [2.45, 2.75) is 6.92 Å². The van der Waals surface area contributed by atoms with Gasteiger partial charge >= 0.3 is 0 Å². The molecule has 0 aliphatic heterocycles. The topological polar surface area (TPSA) is 0 Å². The maximum Gasteiger partial charge on any atom is 0.131 e. The summed E-state index contributed by atoms with van der Waals surface area (Å²) in [5.74, 6) is -0.236. The van der Waals surface area contributed by atoms with Crippen molar-refractivity contribution in [1.82, 2.24) is 0 Å². The fourth-order valence-electron chi connectivity index (χ4n) is 1.16. The first kappa shape index (κ1) is 8.72. The van der Waals surface area contributed by atoms with Crippen LogP contribution in [0.4, 0.5) is 4.39 Å². The van der Waals surface area contributed by atoms with E-state index in [0.29, 0.717) is 5.56 Å². The van der Waals surface area contributed by atoms with Gasteiger partial charge in [-0.3, -0.25) is 0 Å². The zero-order valence-corrected chi connectivity index (χ0v) is 7.10. The molecular formula is C11H11F. The molecule has 0 unspecified atom stereocenters. The van der Waals surface area contributed by atoms with Gasteiger partial charge in [-0.2, -0.15) is 0 Å². The smallest absolute Gasteiger partial charge is 0.131 e. The quantitative estimate of drug-likeness (QED) is 0.625. The van der Waals surface area contributed by atoms with Gasteiger partial charge in [0, 0.05) is 5.56 Å². The van der Waals surface area contributed by atoms with E-state index in [4.69, 9.17) is 0 Å². The molecule has 0 aliphatic rings. The van der Waals surface area contributed by atoms with Crippen LogP contribution >= 0.6 is 0 Å². The van der Waals surface area contributed by atoms with Gasteiger partial charge in [0.15, 0.2) is 0 Å². The number of hydrogen-bond acceptors (Lipinski definition) is 0. The molecule has 0 bridgehead atoms. The summed E-state index contributed by atoms with van der Waals surface area (Å²) in [4.78, 5) is 0. The molecule has 0 saturated heterocycles. The van der Waals surface area contributed by atoms with Crippen LogP contribution < -0.4 is 0 Å². The van der Waals surface area contributed by atoms with Gasteiger partial charge in [-0.1, -0.05) is 31.4 Å². The van der Waals surface area contributed by atoms with E-state index >= 15 is 0 Å². The van der Waals surface area contributed by atoms with Gasteiger partial charge in [-0.15, -0.1) is 0 Å². The lowest BCUT2D eigenvalue weighted by atomic mass is 10.0. The number of hydrogen-bond donors (Lipinski definition) is 0. The third kappa shape index (κ3) is 1.45. The molecule has 0 saturated carbocycles. The highest BCUT2D eigenvalue weighted by atomic mass is 19.1. The van der Waals surface area contributed by atoms with Crippen LogP contribution in [0.5, 0.6) is 0 Å². The minimum absolute atomic E-state index is 0.236. The molecule has 0 amide bonds. The zero-order valence-electron chi connectivity index (χ0n) is 7.10. The monoisotopic (exact) mass is 162 g/mol. The normalized spacial score (nSPS) is 9.50. The molecule has 0 N–H and O–H groups in total. The second kappa shape index (κ2) is 3.35. The Morgan fingerprint density at radius 1 is 1.25 bits per heavy atom. The molecule has 62 valence electrons. The van der Waals surface area contributed by atoms with Crippen LogP contribution in [0.1, 0.15) is 16.7 Å². The molecule has 0 heterocycles. The summed E-state index contributed by atoms with van der Waals surface area (Å²) in [5.41, 5.74) is 2.21. The lowest BCUT2D eigenvalue weighted by molar-refractivity contribution is 0.623. The molecule has 12 heavy (non-hydrogen) atoms. The summed E-state index contributed by atoms with van der Waals surface area (Å²) >= 11 is 0. The van der Waals surface area contributed by atoms with Crippen LogP contribution in [0.3, 0.4) is 0 Å². The van der Waals surface area contributed by atoms with Crippen molar-refractivity contribution in [3.63, 3.8) is 0 Å². The third-order valence-corrected chi connectivity index (χ3v) is 1.73. The largest absolute Gasteiger partial charge is 0.206 e. The SMILES string of the molecule is C=Cc1cc(C)cc(F)c1C=C. The number of aryl methyl sites for hydroxylation is 1. The first-order valence-corrected chi connectivity index (χ1v) is 3.74. The van der Waals surface area contributed by atoms with Crippen molar-refractivity contribution >= 4 is 12.2 Å².